The molecule has 6 nitrogen and oxygen atoms in total. The highest BCUT2D eigenvalue weighted by atomic mass is 19.1. The van der Waals surface area contributed by atoms with E-state index in [1.54, 1.807) is 0 Å². The molecule has 0 radical (unpaired) electrons. The van der Waals surface area contributed by atoms with Crippen LogP contribution in [0.2, 0.25) is 0 Å². The zero-order valence-electron chi connectivity index (χ0n) is 8.22. The number of carbonyl (C=O) groups excluding carboxylic acids is 1. The highest BCUT2D eigenvalue weighted by Gasteiger charge is 2.20. The van der Waals surface area contributed by atoms with Crippen LogP contribution in [0.4, 0.5) is 4.39 Å². The minimum absolute atomic E-state index is 0.00361. The average Bonchev–Trinajstić information content (AvgIpc) is 2.63. The Kier molecular flexibility index (Phi) is 3.03. The van der Waals surface area contributed by atoms with Crippen LogP contribution in [0.1, 0.15) is 16.8 Å². The summed E-state index contributed by atoms with van der Waals surface area (Å²) >= 11 is 0. The Morgan fingerprint density at radius 1 is 1.60 bits per heavy atom. The van der Waals surface area contributed by atoms with Gasteiger partial charge in [0, 0.05) is 20.3 Å². The number of amides is 1. The SMILES string of the molecule is CN(C)C(=O)c1ccn(C(F)C(=O)O)n1. The van der Waals surface area contributed by atoms with E-state index in [4.69, 9.17) is 5.11 Å². The van der Waals surface area contributed by atoms with Crippen molar-refractivity contribution in [2.75, 3.05) is 14.1 Å². The van der Waals surface area contributed by atoms with Crippen LogP contribution in [0.3, 0.4) is 0 Å². The zero-order valence-corrected chi connectivity index (χ0v) is 8.22. The summed E-state index contributed by atoms with van der Waals surface area (Å²) in [5.74, 6) is -2.06. The number of carboxylic acid groups (broad SMARTS) is 1. The normalized spacial score (nSPS) is 12.2. The predicted molar refractivity (Wildman–Crippen MR) is 48.0 cm³/mol. The molecule has 1 aromatic rings. The molecule has 0 saturated carbocycles. The van der Waals surface area contributed by atoms with Gasteiger partial charge < -0.3 is 10.0 Å². The molecule has 1 rings (SSSR count). The van der Waals surface area contributed by atoms with Gasteiger partial charge in [0.1, 0.15) is 5.69 Å². The van der Waals surface area contributed by atoms with Gasteiger partial charge in [0.15, 0.2) is 0 Å². The second-order valence-electron chi connectivity index (χ2n) is 3.05. The van der Waals surface area contributed by atoms with Gasteiger partial charge in [0.05, 0.1) is 0 Å². The van der Waals surface area contributed by atoms with Crippen LogP contribution in [0.15, 0.2) is 12.3 Å². The molecule has 15 heavy (non-hydrogen) atoms. The maximum Gasteiger partial charge on any atom is 0.361 e. The first-order valence-electron chi connectivity index (χ1n) is 4.07. The van der Waals surface area contributed by atoms with Gasteiger partial charge in [-0.25, -0.2) is 13.9 Å². The van der Waals surface area contributed by atoms with Crippen LogP contribution in [-0.2, 0) is 4.79 Å². The summed E-state index contributed by atoms with van der Waals surface area (Å²) in [7, 11) is 3.04. The Morgan fingerprint density at radius 2 is 2.20 bits per heavy atom. The lowest BCUT2D eigenvalue weighted by Gasteiger charge is -2.07. The first kappa shape index (κ1) is 11.2. The molecule has 0 bridgehead atoms. The van der Waals surface area contributed by atoms with E-state index in [1.165, 1.54) is 25.1 Å². The summed E-state index contributed by atoms with van der Waals surface area (Å²) < 4.78 is 13.5. The number of halogens is 1. The number of nitrogens with zero attached hydrogens (tertiary/aromatic N) is 3. The highest BCUT2D eigenvalue weighted by Crippen LogP contribution is 2.08. The Labute approximate surface area is 84.9 Å². The number of carbonyl (C=O) groups is 2. The summed E-state index contributed by atoms with van der Waals surface area (Å²) in [6.45, 7) is 0. The quantitative estimate of drug-likeness (QED) is 0.778. The molecule has 1 unspecified atom stereocenters. The average molecular weight is 215 g/mol. The van der Waals surface area contributed by atoms with E-state index in [2.05, 4.69) is 5.10 Å². The lowest BCUT2D eigenvalue weighted by Crippen LogP contribution is -2.23. The van der Waals surface area contributed by atoms with Crippen LogP contribution in [0.5, 0.6) is 0 Å². The molecule has 0 aliphatic carbocycles. The van der Waals surface area contributed by atoms with E-state index >= 15 is 0 Å². The summed E-state index contributed by atoms with van der Waals surface area (Å²) in [6.07, 6.45) is -1.16. The monoisotopic (exact) mass is 215 g/mol. The van der Waals surface area contributed by atoms with Crippen LogP contribution in [0, 0.1) is 0 Å². The molecule has 82 valence electrons. The Morgan fingerprint density at radius 3 is 2.67 bits per heavy atom. The summed E-state index contributed by atoms with van der Waals surface area (Å²) in [5.41, 5.74) is 0.00361. The largest absolute Gasteiger partial charge is 0.478 e. The number of rotatable bonds is 3. The van der Waals surface area contributed by atoms with Crippen molar-refractivity contribution in [3.05, 3.63) is 18.0 Å². The molecule has 1 N–H and O–H groups in total. The molecular weight excluding hydrogens is 205 g/mol. The third kappa shape index (κ3) is 2.30. The van der Waals surface area contributed by atoms with E-state index in [0.717, 1.165) is 6.20 Å². The standard InChI is InChI=1S/C8H10FN3O3/c1-11(2)7(13)5-3-4-12(10-5)6(9)8(14)15/h3-4,6H,1-2H3,(H,14,15). The van der Waals surface area contributed by atoms with E-state index < -0.39 is 18.2 Å². The van der Waals surface area contributed by atoms with Gasteiger partial charge >= 0.3 is 5.97 Å². The topological polar surface area (TPSA) is 75.4 Å². The Bertz CT molecular complexity index is 388. The minimum atomic E-state index is -2.27. The Balaban J connectivity index is 2.90. The van der Waals surface area contributed by atoms with Gasteiger partial charge in [0.25, 0.3) is 12.2 Å². The van der Waals surface area contributed by atoms with Gasteiger partial charge in [-0.3, -0.25) is 4.79 Å². The van der Waals surface area contributed by atoms with Crippen molar-refractivity contribution in [1.29, 1.82) is 0 Å². The van der Waals surface area contributed by atoms with Gasteiger partial charge in [-0.05, 0) is 6.07 Å². The fraction of sp³-hybridized carbons (Fsp3) is 0.375. The van der Waals surface area contributed by atoms with E-state index in [0.29, 0.717) is 4.68 Å². The van der Waals surface area contributed by atoms with Crippen LogP contribution >= 0.6 is 0 Å². The van der Waals surface area contributed by atoms with Gasteiger partial charge in [-0.2, -0.15) is 5.10 Å². The van der Waals surface area contributed by atoms with Gasteiger partial charge in [0.2, 0.25) is 0 Å². The predicted octanol–water partition coefficient (Wildman–Crippen LogP) is 0.138. The lowest BCUT2D eigenvalue weighted by molar-refractivity contribution is -0.146. The summed E-state index contributed by atoms with van der Waals surface area (Å²) in [4.78, 5) is 22.9. The molecule has 0 aromatic carbocycles. The van der Waals surface area contributed by atoms with Crippen molar-refractivity contribution in [1.82, 2.24) is 14.7 Å². The van der Waals surface area contributed by atoms with E-state index in [9.17, 15) is 14.0 Å². The summed E-state index contributed by atoms with van der Waals surface area (Å²) in [5, 5.41) is 11.9. The smallest absolute Gasteiger partial charge is 0.361 e. The second-order valence-corrected chi connectivity index (χ2v) is 3.05. The highest BCUT2D eigenvalue weighted by molar-refractivity contribution is 5.91. The molecule has 0 saturated heterocycles. The fourth-order valence-corrected chi connectivity index (χ4v) is 0.921. The zero-order chi connectivity index (χ0) is 11.6. The lowest BCUT2D eigenvalue weighted by atomic mass is 10.4. The number of hydrogen-bond donors (Lipinski definition) is 1. The fourth-order valence-electron chi connectivity index (χ4n) is 0.921. The van der Waals surface area contributed by atoms with Crippen LogP contribution in [0.25, 0.3) is 0 Å². The van der Waals surface area contributed by atoms with Crippen LogP contribution in [-0.4, -0.2) is 45.8 Å². The van der Waals surface area contributed by atoms with Gasteiger partial charge in [-0.15, -0.1) is 0 Å². The minimum Gasteiger partial charge on any atom is -0.478 e. The first-order valence-corrected chi connectivity index (χ1v) is 4.07. The van der Waals surface area contributed by atoms with Crippen molar-refractivity contribution in [2.45, 2.75) is 6.30 Å². The van der Waals surface area contributed by atoms with E-state index in [-0.39, 0.29) is 5.69 Å². The van der Waals surface area contributed by atoms with E-state index in [1.807, 2.05) is 0 Å². The molecule has 1 aromatic heterocycles. The number of hydrogen-bond acceptors (Lipinski definition) is 3. The number of aliphatic carboxylic acids is 1. The van der Waals surface area contributed by atoms with Gasteiger partial charge in [-0.1, -0.05) is 0 Å². The molecule has 1 amide bonds. The Hall–Kier alpha value is -1.92. The third-order valence-electron chi connectivity index (χ3n) is 1.67. The molecular formula is C8H10FN3O3. The maximum atomic E-state index is 12.9. The molecule has 0 aliphatic heterocycles. The van der Waals surface area contributed by atoms with Crippen molar-refractivity contribution in [2.24, 2.45) is 0 Å². The number of carboxylic acids is 1. The van der Waals surface area contributed by atoms with Crippen molar-refractivity contribution in [3.63, 3.8) is 0 Å². The van der Waals surface area contributed by atoms with Crippen molar-refractivity contribution in [3.8, 4) is 0 Å². The molecule has 1 heterocycles. The molecule has 1 atom stereocenters. The maximum absolute atomic E-state index is 12.9. The first-order chi connectivity index (χ1) is 6.93. The number of alkyl halides is 1. The third-order valence-corrected chi connectivity index (χ3v) is 1.67. The van der Waals surface area contributed by atoms with Crippen molar-refractivity contribution < 1.29 is 19.1 Å². The molecule has 0 aliphatic rings. The van der Waals surface area contributed by atoms with Crippen LogP contribution < -0.4 is 0 Å². The molecule has 7 heteroatoms. The number of aromatic nitrogens is 2. The second kappa shape index (κ2) is 4.07. The summed E-state index contributed by atoms with van der Waals surface area (Å²) in [6, 6.07) is 1.26. The molecule has 0 fully saturated rings. The molecule has 0 spiro atoms. The van der Waals surface area contributed by atoms with Crippen molar-refractivity contribution >= 4 is 11.9 Å².